The molecule has 0 aromatic carbocycles. The highest BCUT2D eigenvalue weighted by Gasteiger charge is 2.18. The van der Waals surface area contributed by atoms with Gasteiger partial charge in [0.25, 0.3) is 6.43 Å². The van der Waals surface area contributed by atoms with Crippen molar-refractivity contribution in [1.29, 1.82) is 0 Å². The first-order valence-corrected chi connectivity index (χ1v) is 5.65. The van der Waals surface area contributed by atoms with Gasteiger partial charge in [-0.1, -0.05) is 0 Å². The molecule has 13 heavy (non-hydrogen) atoms. The minimum Gasteiger partial charge on any atom is -0.248 e. The molecule has 0 radical (unpaired) electrons. The zero-order chi connectivity index (χ0) is 10.0. The summed E-state index contributed by atoms with van der Waals surface area (Å²) in [6.07, 6.45) is -1.04. The van der Waals surface area contributed by atoms with Crippen LogP contribution in [0.4, 0.5) is 8.78 Å². The topological polar surface area (TPSA) is 12.9 Å². The second-order valence-corrected chi connectivity index (χ2v) is 4.33. The van der Waals surface area contributed by atoms with Crippen molar-refractivity contribution >= 4 is 50.1 Å². The molecule has 0 N–H and O–H groups in total. The molecule has 0 aliphatic heterocycles. The second kappa shape index (κ2) is 4.84. The van der Waals surface area contributed by atoms with E-state index in [1.807, 2.05) is 22.6 Å². The largest absolute Gasteiger partial charge is 0.267 e. The highest BCUT2D eigenvalue weighted by atomic mass is 127. The third kappa shape index (κ3) is 2.50. The van der Waals surface area contributed by atoms with Crippen molar-refractivity contribution in [2.45, 2.75) is 12.3 Å². The van der Waals surface area contributed by atoms with Crippen LogP contribution in [0.5, 0.6) is 0 Å². The highest BCUT2D eigenvalue weighted by molar-refractivity contribution is 14.1. The first-order chi connectivity index (χ1) is 6.07. The second-order valence-electron chi connectivity index (χ2n) is 2.24. The predicted octanol–water partition coefficient (Wildman–Crippen LogP) is 4.13. The van der Waals surface area contributed by atoms with Crippen molar-refractivity contribution in [2.24, 2.45) is 0 Å². The molecular weight excluding hydrogens is 378 g/mol. The number of hydrogen-bond donors (Lipinski definition) is 0. The molecule has 0 spiro atoms. The molecule has 1 nitrogen and oxygen atoms in total. The Balaban J connectivity index is 3.30. The summed E-state index contributed by atoms with van der Waals surface area (Å²) in [7, 11) is 0. The Morgan fingerprint density at radius 1 is 1.62 bits per heavy atom. The van der Waals surface area contributed by atoms with Crippen LogP contribution in [0.3, 0.4) is 0 Å². The lowest BCUT2D eigenvalue weighted by Gasteiger charge is -2.08. The molecule has 1 aromatic rings. The summed E-state index contributed by atoms with van der Waals surface area (Å²) < 4.78 is 25.6. The van der Waals surface area contributed by atoms with E-state index in [1.165, 1.54) is 6.20 Å². The summed E-state index contributed by atoms with van der Waals surface area (Å²) in [4.78, 5) is 3.78. The van der Waals surface area contributed by atoms with Gasteiger partial charge in [0.1, 0.15) is 4.60 Å². The van der Waals surface area contributed by atoms with Crippen LogP contribution >= 0.6 is 50.1 Å². The van der Waals surface area contributed by atoms with E-state index >= 15 is 0 Å². The molecule has 72 valence electrons. The zero-order valence-corrected chi connectivity index (χ0v) is 10.7. The molecule has 1 aromatic heterocycles. The van der Waals surface area contributed by atoms with E-state index in [9.17, 15) is 8.78 Å². The quantitative estimate of drug-likeness (QED) is 0.426. The number of nitrogens with zero attached hydrogens (tertiary/aromatic N) is 1. The van der Waals surface area contributed by atoms with Crippen molar-refractivity contribution in [1.82, 2.24) is 4.98 Å². The van der Waals surface area contributed by atoms with Gasteiger partial charge < -0.3 is 0 Å². The average molecular weight is 382 g/mol. The van der Waals surface area contributed by atoms with Gasteiger partial charge in [0.15, 0.2) is 0 Å². The SMILES string of the molecule is FC(F)c1c(Br)ncc(CCl)c1I. The van der Waals surface area contributed by atoms with Gasteiger partial charge in [-0.05, 0) is 44.1 Å². The summed E-state index contributed by atoms with van der Waals surface area (Å²) in [6.45, 7) is 0. The van der Waals surface area contributed by atoms with Gasteiger partial charge in [0.2, 0.25) is 0 Å². The summed E-state index contributed by atoms with van der Waals surface area (Å²) in [6, 6.07) is 0. The molecule has 1 rings (SSSR count). The molecule has 0 bridgehead atoms. The van der Waals surface area contributed by atoms with Crippen LogP contribution in [0, 0.1) is 3.57 Å². The maximum absolute atomic E-state index is 12.5. The first kappa shape index (κ1) is 11.6. The van der Waals surface area contributed by atoms with E-state index < -0.39 is 6.43 Å². The minimum absolute atomic E-state index is 0.0845. The Kier molecular flexibility index (Phi) is 4.31. The molecule has 0 atom stereocenters. The molecule has 0 amide bonds. The normalized spacial score (nSPS) is 10.9. The van der Waals surface area contributed by atoms with E-state index in [0.29, 0.717) is 9.13 Å². The van der Waals surface area contributed by atoms with Gasteiger partial charge in [-0.3, -0.25) is 0 Å². The summed E-state index contributed by atoms with van der Waals surface area (Å²) in [5, 5.41) is 0. The molecule has 0 aliphatic rings. The smallest absolute Gasteiger partial charge is 0.248 e. The predicted molar refractivity (Wildman–Crippen MR) is 59.2 cm³/mol. The summed E-state index contributed by atoms with van der Waals surface area (Å²) in [5.41, 5.74) is 0.541. The monoisotopic (exact) mass is 381 g/mol. The molecule has 0 unspecified atom stereocenters. The average Bonchev–Trinajstić information content (AvgIpc) is 2.04. The fourth-order valence-electron chi connectivity index (χ4n) is 0.803. The number of aromatic nitrogens is 1. The summed E-state index contributed by atoms with van der Waals surface area (Å²) >= 11 is 10.4. The fourth-order valence-corrected chi connectivity index (χ4v) is 2.90. The Morgan fingerprint density at radius 2 is 2.23 bits per heavy atom. The van der Waals surface area contributed by atoms with Gasteiger partial charge in [-0.15, -0.1) is 11.6 Å². The molecule has 0 saturated carbocycles. The lowest BCUT2D eigenvalue weighted by Crippen LogP contribution is -1.98. The lowest BCUT2D eigenvalue weighted by atomic mass is 10.2. The van der Waals surface area contributed by atoms with Crippen LogP contribution in [0.2, 0.25) is 0 Å². The van der Waals surface area contributed by atoms with Crippen molar-refractivity contribution in [3.8, 4) is 0 Å². The molecular formula is C7H4BrClF2IN. The summed E-state index contributed by atoms with van der Waals surface area (Å²) in [5.74, 6) is 0.193. The maximum Gasteiger partial charge on any atom is 0.267 e. The van der Waals surface area contributed by atoms with Crippen LogP contribution in [0.25, 0.3) is 0 Å². The lowest BCUT2D eigenvalue weighted by molar-refractivity contribution is 0.149. The van der Waals surface area contributed by atoms with Crippen molar-refractivity contribution in [2.75, 3.05) is 0 Å². The van der Waals surface area contributed by atoms with Gasteiger partial charge in [0, 0.05) is 15.6 Å². The third-order valence-corrected chi connectivity index (χ3v) is 3.63. The minimum atomic E-state index is -2.53. The van der Waals surface area contributed by atoms with Crippen molar-refractivity contribution in [3.05, 3.63) is 25.5 Å². The number of hydrogen-bond acceptors (Lipinski definition) is 1. The van der Waals surface area contributed by atoms with E-state index in [0.717, 1.165) is 0 Å². The fraction of sp³-hybridized carbons (Fsp3) is 0.286. The number of alkyl halides is 3. The van der Waals surface area contributed by atoms with Crippen LogP contribution in [-0.4, -0.2) is 4.98 Å². The van der Waals surface area contributed by atoms with Crippen LogP contribution in [0.15, 0.2) is 10.8 Å². The van der Waals surface area contributed by atoms with Crippen LogP contribution in [0.1, 0.15) is 17.6 Å². The van der Waals surface area contributed by atoms with Gasteiger partial charge in [0.05, 0.1) is 5.56 Å². The van der Waals surface area contributed by atoms with Crippen LogP contribution < -0.4 is 0 Å². The van der Waals surface area contributed by atoms with E-state index in [4.69, 9.17) is 11.6 Å². The Morgan fingerprint density at radius 3 is 2.69 bits per heavy atom. The standard InChI is InChI=1S/C7H4BrClF2IN/c8-6-4(7(10)11)5(12)3(1-9)2-13-6/h2,7H,1H2. The number of rotatable bonds is 2. The highest BCUT2D eigenvalue weighted by Crippen LogP contribution is 2.32. The van der Waals surface area contributed by atoms with Gasteiger partial charge in [-0.25, -0.2) is 13.8 Å². The first-order valence-electron chi connectivity index (χ1n) is 3.24. The number of pyridine rings is 1. The van der Waals surface area contributed by atoms with E-state index in [2.05, 4.69) is 20.9 Å². The molecule has 1 heterocycles. The zero-order valence-electron chi connectivity index (χ0n) is 6.20. The molecule has 6 heteroatoms. The van der Waals surface area contributed by atoms with Crippen LogP contribution in [-0.2, 0) is 5.88 Å². The third-order valence-electron chi connectivity index (χ3n) is 1.44. The Hall–Kier alpha value is 0.510. The molecule has 0 fully saturated rings. The molecule has 0 saturated heterocycles. The Labute approximate surface area is 101 Å². The van der Waals surface area contributed by atoms with Gasteiger partial charge >= 0.3 is 0 Å². The van der Waals surface area contributed by atoms with E-state index in [-0.39, 0.29) is 16.0 Å². The number of halogens is 5. The van der Waals surface area contributed by atoms with Crippen molar-refractivity contribution < 1.29 is 8.78 Å². The Bertz CT molecular complexity index is 322. The molecule has 0 aliphatic carbocycles. The van der Waals surface area contributed by atoms with E-state index in [1.54, 1.807) is 0 Å². The van der Waals surface area contributed by atoms with Crippen molar-refractivity contribution in [3.63, 3.8) is 0 Å². The van der Waals surface area contributed by atoms with Gasteiger partial charge in [-0.2, -0.15) is 0 Å². The maximum atomic E-state index is 12.5.